The summed E-state index contributed by atoms with van der Waals surface area (Å²) in [6, 6.07) is 7.65. The maximum Gasteiger partial charge on any atom is 0.249 e. The molecule has 1 N–H and O–H groups in total. The molecular weight excluding hydrogens is 350 g/mol. The van der Waals surface area contributed by atoms with Crippen LogP contribution in [0.5, 0.6) is 0 Å². The number of carbonyl (C=O) groups excluding carboxylic acids is 2. The lowest BCUT2D eigenvalue weighted by Gasteiger charge is -2.21. The Labute approximate surface area is 170 Å². The highest BCUT2D eigenvalue weighted by Gasteiger charge is 2.23. The van der Waals surface area contributed by atoms with E-state index in [9.17, 15) is 9.59 Å². The molecule has 2 atom stereocenters. The van der Waals surface area contributed by atoms with Gasteiger partial charge in [-0.05, 0) is 62.5 Å². The van der Waals surface area contributed by atoms with E-state index in [0.29, 0.717) is 12.8 Å². The Morgan fingerprint density at radius 3 is 2.43 bits per heavy atom. The molecule has 1 amide bonds. The van der Waals surface area contributed by atoms with Crippen molar-refractivity contribution in [2.45, 2.75) is 78.9 Å². The number of methoxy groups -OCH3 is 1. The summed E-state index contributed by atoms with van der Waals surface area (Å²) in [7, 11) is 1.55. The van der Waals surface area contributed by atoms with Gasteiger partial charge in [-0.3, -0.25) is 9.59 Å². The quantitative estimate of drug-likeness (QED) is 0.439. The Bertz CT molecular complexity index is 658. The third-order valence-electron chi connectivity index (χ3n) is 4.80. The van der Waals surface area contributed by atoms with Crippen LogP contribution in [-0.4, -0.2) is 30.9 Å². The van der Waals surface area contributed by atoms with E-state index in [2.05, 4.69) is 57.3 Å². The van der Waals surface area contributed by atoms with Gasteiger partial charge in [0.05, 0.1) is 6.04 Å². The predicted octanol–water partition coefficient (Wildman–Crippen LogP) is 4.79. The Morgan fingerprint density at radius 1 is 1.18 bits per heavy atom. The van der Waals surface area contributed by atoms with Crippen LogP contribution < -0.4 is 5.32 Å². The molecular formula is C24H37NO3. The van der Waals surface area contributed by atoms with Gasteiger partial charge in [0.25, 0.3) is 0 Å². The molecule has 0 saturated heterocycles. The number of Topliss-reactive ketones (excluding diaryl/α,β-unsaturated/α-hetero) is 1. The average molecular weight is 388 g/mol. The highest BCUT2D eigenvalue weighted by atomic mass is 16.5. The third kappa shape index (κ3) is 9.32. The van der Waals surface area contributed by atoms with E-state index in [1.807, 2.05) is 12.1 Å². The molecule has 1 rings (SSSR count). The van der Waals surface area contributed by atoms with Crippen molar-refractivity contribution in [1.29, 1.82) is 0 Å². The van der Waals surface area contributed by atoms with Gasteiger partial charge in [-0.15, -0.1) is 0 Å². The number of ketones is 1. The summed E-state index contributed by atoms with van der Waals surface area (Å²) in [5.41, 5.74) is 2.58. The number of unbranched alkanes of at least 4 members (excludes halogenated alkanes) is 1. The van der Waals surface area contributed by atoms with Crippen molar-refractivity contribution in [3.8, 4) is 0 Å². The summed E-state index contributed by atoms with van der Waals surface area (Å²) < 4.78 is 5.37. The van der Waals surface area contributed by atoms with Crippen LogP contribution in [0.1, 0.15) is 64.5 Å². The van der Waals surface area contributed by atoms with Crippen molar-refractivity contribution in [2.24, 2.45) is 5.41 Å². The van der Waals surface area contributed by atoms with E-state index in [1.165, 1.54) is 18.1 Å². The van der Waals surface area contributed by atoms with E-state index in [1.54, 1.807) is 7.11 Å². The molecule has 0 aliphatic rings. The Hall–Kier alpha value is -1.94. The summed E-state index contributed by atoms with van der Waals surface area (Å²) in [6.07, 6.45) is 7.59. The lowest BCUT2D eigenvalue weighted by atomic mass is 9.95. The summed E-state index contributed by atoms with van der Waals surface area (Å²) in [5, 5.41) is 2.89. The SMILES string of the molecule is COC(CCC/C=C/C(C)(C)C)C(=O)NC(CCc1ccccc1C)C(C)=O. The fourth-order valence-corrected chi connectivity index (χ4v) is 3.05. The third-order valence-corrected chi connectivity index (χ3v) is 4.80. The first-order valence-electron chi connectivity index (χ1n) is 10.2. The molecule has 0 saturated carbocycles. The number of rotatable bonds is 11. The topological polar surface area (TPSA) is 55.4 Å². The molecule has 2 unspecified atom stereocenters. The van der Waals surface area contributed by atoms with Crippen molar-refractivity contribution >= 4 is 11.7 Å². The Balaban J connectivity index is 2.55. The van der Waals surface area contributed by atoms with Crippen molar-refractivity contribution in [3.63, 3.8) is 0 Å². The highest BCUT2D eigenvalue weighted by molar-refractivity contribution is 5.89. The number of aryl methyl sites for hydroxylation is 2. The minimum atomic E-state index is -0.525. The minimum Gasteiger partial charge on any atom is -0.372 e. The number of hydrogen-bond donors (Lipinski definition) is 1. The fourth-order valence-electron chi connectivity index (χ4n) is 3.05. The van der Waals surface area contributed by atoms with Crippen LogP contribution in [0, 0.1) is 12.3 Å². The van der Waals surface area contributed by atoms with Crippen molar-refractivity contribution in [3.05, 3.63) is 47.5 Å². The maximum absolute atomic E-state index is 12.6. The summed E-state index contributed by atoms with van der Waals surface area (Å²) in [4.78, 5) is 24.6. The van der Waals surface area contributed by atoms with E-state index in [0.717, 1.165) is 19.3 Å². The number of allylic oxidation sites excluding steroid dienone is 2. The standard InChI is InChI=1S/C24H37NO3/c1-18-12-9-10-13-20(18)15-16-21(19(2)26)25-23(27)22(28-6)14-8-7-11-17-24(3,4)5/h9-13,17,21-22H,7-8,14-16H2,1-6H3,(H,25,27)/b17-11+. The normalized spacial score (nSPS) is 14.1. The summed E-state index contributed by atoms with van der Waals surface area (Å²) in [5.74, 6) is -0.225. The second-order valence-electron chi connectivity index (χ2n) is 8.56. The highest BCUT2D eigenvalue weighted by Crippen LogP contribution is 2.16. The van der Waals surface area contributed by atoms with Crippen LogP contribution in [0.25, 0.3) is 0 Å². The molecule has 1 aromatic carbocycles. The molecule has 156 valence electrons. The van der Waals surface area contributed by atoms with E-state index in [4.69, 9.17) is 4.74 Å². The molecule has 0 heterocycles. The largest absolute Gasteiger partial charge is 0.372 e. The zero-order valence-electron chi connectivity index (χ0n) is 18.4. The van der Waals surface area contributed by atoms with Crippen LogP contribution in [0.4, 0.5) is 0 Å². The Kier molecular flexibility index (Phi) is 10.2. The predicted molar refractivity (Wildman–Crippen MR) is 115 cm³/mol. The first kappa shape index (κ1) is 24.1. The maximum atomic E-state index is 12.6. The lowest BCUT2D eigenvalue weighted by Crippen LogP contribution is -2.45. The van der Waals surface area contributed by atoms with Crippen LogP contribution >= 0.6 is 0 Å². The number of nitrogens with one attached hydrogen (secondary N) is 1. The van der Waals surface area contributed by atoms with Gasteiger partial charge in [-0.25, -0.2) is 0 Å². The molecule has 0 spiro atoms. The van der Waals surface area contributed by atoms with Crippen LogP contribution in [-0.2, 0) is 20.7 Å². The second kappa shape index (κ2) is 11.8. The molecule has 0 radical (unpaired) electrons. The first-order valence-corrected chi connectivity index (χ1v) is 10.2. The molecule has 0 aliphatic heterocycles. The van der Waals surface area contributed by atoms with Crippen molar-refractivity contribution in [2.75, 3.05) is 7.11 Å². The fraction of sp³-hybridized carbons (Fsp3) is 0.583. The first-order chi connectivity index (χ1) is 13.1. The summed E-state index contributed by atoms with van der Waals surface area (Å²) >= 11 is 0. The van der Waals surface area contributed by atoms with E-state index in [-0.39, 0.29) is 17.1 Å². The smallest absolute Gasteiger partial charge is 0.249 e. The van der Waals surface area contributed by atoms with Gasteiger partial charge in [-0.1, -0.05) is 57.2 Å². The molecule has 1 aromatic rings. The monoisotopic (exact) mass is 387 g/mol. The zero-order valence-corrected chi connectivity index (χ0v) is 18.4. The second-order valence-corrected chi connectivity index (χ2v) is 8.56. The van der Waals surface area contributed by atoms with Gasteiger partial charge < -0.3 is 10.1 Å². The van der Waals surface area contributed by atoms with E-state index < -0.39 is 12.1 Å². The van der Waals surface area contributed by atoms with Crippen LogP contribution in [0.2, 0.25) is 0 Å². The molecule has 0 aromatic heterocycles. The van der Waals surface area contributed by atoms with Gasteiger partial charge >= 0.3 is 0 Å². The molecule has 0 bridgehead atoms. The van der Waals surface area contributed by atoms with Crippen molar-refractivity contribution < 1.29 is 14.3 Å². The number of amides is 1. The molecule has 0 fully saturated rings. The lowest BCUT2D eigenvalue weighted by molar-refractivity contribution is -0.134. The molecule has 28 heavy (non-hydrogen) atoms. The van der Waals surface area contributed by atoms with Crippen molar-refractivity contribution in [1.82, 2.24) is 5.32 Å². The van der Waals surface area contributed by atoms with Gasteiger partial charge in [0, 0.05) is 7.11 Å². The number of carbonyl (C=O) groups is 2. The Morgan fingerprint density at radius 2 is 1.86 bits per heavy atom. The van der Waals surface area contributed by atoms with E-state index >= 15 is 0 Å². The van der Waals surface area contributed by atoms with Crippen LogP contribution in [0.3, 0.4) is 0 Å². The van der Waals surface area contributed by atoms with Gasteiger partial charge in [0.1, 0.15) is 6.10 Å². The number of benzene rings is 1. The van der Waals surface area contributed by atoms with Gasteiger partial charge in [0.15, 0.2) is 5.78 Å². The number of hydrogen-bond acceptors (Lipinski definition) is 3. The van der Waals surface area contributed by atoms with Crippen LogP contribution in [0.15, 0.2) is 36.4 Å². The van der Waals surface area contributed by atoms with Gasteiger partial charge in [0.2, 0.25) is 5.91 Å². The number of ether oxygens (including phenoxy) is 1. The molecule has 4 nitrogen and oxygen atoms in total. The zero-order chi connectivity index (χ0) is 21.2. The molecule has 0 aliphatic carbocycles. The molecule has 4 heteroatoms. The minimum absolute atomic E-state index is 0.0232. The van der Waals surface area contributed by atoms with Gasteiger partial charge in [-0.2, -0.15) is 0 Å². The summed E-state index contributed by atoms with van der Waals surface area (Å²) in [6.45, 7) is 10.1. The average Bonchev–Trinajstić information content (AvgIpc) is 2.61.